The van der Waals surface area contributed by atoms with Crippen LogP contribution in [0.25, 0.3) is 20.5 Å². The summed E-state index contributed by atoms with van der Waals surface area (Å²) in [5, 5.41) is 11.0. The van der Waals surface area contributed by atoms with E-state index in [1.807, 2.05) is 54.6 Å². The van der Waals surface area contributed by atoms with Crippen molar-refractivity contribution in [3.63, 3.8) is 0 Å². The number of ether oxygens (including phenoxy) is 3. The second-order valence-electron chi connectivity index (χ2n) is 8.50. The molecule has 0 atom stereocenters. The molecule has 1 N–H and O–H groups in total. The van der Waals surface area contributed by atoms with Gasteiger partial charge < -0.3 is 19.3 Å². The summed E-state index contributed by atoms with van der Waals surface area (Å²) in [7, 11) is 1.67. The molecule has 0 saturated carbocycles. The van der Waals surface area contributed by atoms with Gasteiger partial charge in [-0.05, 0) is 86.1 Å². The van der Waals surface area contributed by atoms with E-state index in [4.69, 9.17) is 14.2 Å². The molecule has 1 saturated heterocycles. The van der Waals surface area contributed by atoms with E-state index in [1.165, 1.54) is 32.4 Å². The second-order valence-corrected chi connectivity index (χ2v) is 9.55. The number of piperidine rings is 1. The van der Waals surface area contributed by atoms with Crippen molar-refractivity contribution in [1.82, 2.24) is 4.90 Å². The van der Waals surface area contributed by atoms with Gasteiger partial charge in [-0.2, -0.15) is 0 Å². The average molecular weight is 476 g/mol. The number of phenolic OH excluding ortho intramolecular Hbond substituents is 1. The quantitative estimate of drug-likeness (QED) is 0.299. The van der Waals surface area contributed by atoms with E-state index in [0.717, 1.165) is 50.1 Å². The highest BCUT2D eigenvalue weighted by Crippen LogP contribution is 2.47. The lowest BCUT2D eigenvalue weighted by Crippen LogP contribution is -2.33. The number of thiophene rings is 1. The summed E-state index contributed by atoms with van der Waals surface area (Å²) in [6.45, 7) is 4.02. The molecule has 1 aliphatic heterocycles. The van der Waals surface area contributed by atoms with Crippen LogP contribution in [-0.2, 0) is 0 Å². The third-order valence-electron chi connectivity index (χ3n) is 6.13. The van der Waals surface area contributed by atoms with E-state index in [9.17, 15) is 5.11 Å². The third-order valence-corrected chi connectivity index (χ3v) is 7.31. The van der Waals surface area contributed by atoms with Gasteiger partial charge in [0.1, 0.15) is 29.6 Å². The predicted molar refractivity (Wildman–Crippen MR) is 138 cm³/mol. The fraction of sp³-hybridized carbons (Fsp3) is 0.286. The predicted octanol–water partition coefficient (Wildman–Crippen LogP) is 6.94. The first kappa shape index (κ1) is 22.6. The van der Waals surface area contributed by atoms with Crippen molar-refractivity contribution in [2.24, 2.45) is 0 Å². The van der Waals surface area contributed by atoms with Crippen molar-refractivity contribution in [2.45, 2.75) is 19.3 Å². The maximum Gasteiger partial charge on any atom is 0.153 e. The zero-order chi connectivity index (χ0) is 23.3. The lowest BCUT2D eigenvalue weighted by atomic mass is 10.1. The molecule has 0 aliphatic carbocycles. The summed E-state index contributed by atoms with van der Waals surface area (Å²) in [5.41, 5.74) is 0.910. The van der Waals surface area contributed by atoms with Crippen LogP contribution in [0.3, 0.4) is 0 Å². The Labute approximate surface area is 204 Å². The molecule has 5 rings (SSSR count). The Hall–Kier alpha value is -3.22. The molecule has 0 amide bonds. The zero-order valence-corrected chi connectivity index (χ0v) is 20.1. The Bertz CT molecular complexity index is 1250. The topological polar surface area (TPSA) is 51.2 Å². The number of hydrogen-bond donors (Lipinski definition) is 1. The highest BCUT2D eigenvalue weighted by molar-refractivity contribution is 7.22. The lowest BCUT2D eigenvalue weighted by Gasteiger charge is -2.26. The normalized spacial score (nSPS) is 14.3. The summed E-state index contributed by atoms with van der Waals surface area (Å²) in [6, 6.07) is 21.0. The minimum Gasteiger partial charge on any atom is -0.508 e. The van der Waals surface area contributed by atoms with Crippen molar-refractivity contribution in [1.29, 1.82) is 0 Å². The monoisotopic (exact) mass is 475 g/mol. The van der Waals surface area contributed by atoms with Gasteiger partial charge in [0.2, 0.25) is 0 Å². The van der Waals surface area contributed by atoms with Gasteiger partial charge in [0.25, 0.3) is 0 Å². The Morgan fingerprint density at radius 2 is 1.65 bits per heavy atom. The van der Waals surface area contributed by atoms with E-state index in [1.54, 1.807) is 30.6 Å². The van der Waals surface area contributed by atoms with Gasteiger partial charge in [0.05, 0.1) is 12.0 Å². The van der Waals surface area contributed by atoms with E-state index in [0.29, 0.717) is 6.61 Å². The molecule has 0 unspecified atom stereocenters. The Kier molecular flexibility index (Phi) is 6.88. The minimum absolute atomic E-state index is 0.226. The van der Waals surface area contributed by atoms with Crippen molar-refractivity contribution in [3.05, 3.63) is 66.7 Å². The fourth-order valence-electron chi connectivity index (χ4n) is 4.32. The van der Waals surface area contributed by atoms with Gasteiger partial charge in [-0.15, -0.1) is 11.3 Å². The van der Waals surface area contributed by atoms with Crippen LogP contribution in [0.2, 0.25) is 0 Å². The molecule has 0 bridgehead atoms. The van der Waals surface area contributed by atoms with E-state index in [2.05, 4.69) is 4.90 Å². The maximum atomic E-state index is 10.0. The molecule has 4 aromatic rings. The van der Waals surface area contributed by atoms with Crippen molar-refractivity contribution in [2.75, 3.05) is 33.4 Å². The summed E-state index contributed by atoms with van der Waals surface area (Å²) < 4.78 is 18.8. The van der Waals surface area contributed by atoms with E-state index >= 15 is 0 Å². The first-order valence-corrected chi connectivity index (χ1v) is 12.5. The summed E-state index contributed by atoms with van der Waals surface area (Å²) in [5.74, 6) is 3.38. The van der Waals surface area contributed by atoms with Crippen LogP contribution in [0.1, 0.15) is 19.3 Å². The smallest absolute Gasteiger partial charge is 0.153 e. The van der Waals surface area contributed by atoms with Crippen molar-refractivity contribution < 1.29 is 19.3 Å². The number of nitrogens with zero attached hydrogens (tertiary/aromatic N) is 1. The molecule has 34 heavy (non-hydrogen) atoms. The SMILES string of the molecule is COc1ccc2c(Oc3ccc(OCCN4CCCCC4)cc3)c(-c3cccc(O)c3)sc2c1. The number of aromatic hydroxyl groups is 1. The minimum atomic E-state index is 0.226. The van der Waals surface area contributed by atoms with Gasteiger partial charge in [-0.25, -0.2) is 0 Å². The van der Waals surface area contributed by atoms with Gasteiger partial charge in [0, 0.05) is 16.6 Å². The number of methoxy groups -OCH3 is 1. The largest absolute Gasteiger partial charge is 0.508 e. The molecule has 0 spiro atoms. The van der Waals surface area contributed by atoms with Crippen LogP contribution < -0.4 is 14.2 Å². The molecule has 0 radical (unpaired) electrons. The fourth-order valence-corrected chi connectivity index (χ4v) is 5.47. The van der Waals surface area contributed by atoms with Crippen LogP contribution in [-0.4, -0.2) is 43.4 Å². The molecule has 176 valence electrons. The highest BCUT2D eigenvalue weighted by atomic mass is 32.1. The summed E-state index contributed by atoms with van der Waals surface area (Å²) >= 11 is 1.62. The van der Waals surface area contributed by atoms with Gasteiger partial charge in [-0.1, -0.05) is 18.6 Å². The Morgan fingerprint density at radius 1 is 0.882 bits per heavy atom. The first-order valence-electron chi connectivity index (χ1n) is 11.7. The van der Waals surface area contributed by atoms with Crippen LogP contribution >= 0.6 is 11.3 Å². The number of likely N-dealkylation sites (tertiary alicyclic amines) is 1. The maximum absolute atomic E-state index is 10.0. The molecule has 1 aromatic heterocycles. The molecule has 1 fully saturated rings. The van der Waals surface area contributed by atoms with E-state index in [-0.39, 0.29) is 5.75 Å². The average Bonchev–Trinajstić information content (AvgIpc) is 3.23. The summed E-state index contributed by atoms with van der Waals surface area (Å²) in [6.07, 6.45) is 3.93. The number of fused-ring (bicyclic) bond motifs is 1. The highest BCUT2D eigenvalue weighted by Gasteiger charge is 2.18. The van der Waals surface area contributed by atoms with Gasteiger partial charge >= 0.3 is 0 Å². The van der Waals surface area contributed by atoms with Gasteiger partial charge in [0.15, 0.2) is 5.75 Å². The number of rotatable bonds is 8. The molecular formula is C28H29NO4S. The molecular weight excluding hydrogens is 446 g/mol. The zero-order valence-electron chi connectivity index (χ0n) is 19.3. The Morgan fingerprint density at radius 3 is 2.41 bits per heavy atom. The molecule has 1 aliphatic rings. The first-order chi connectivity index (χ1) is 16.7. The summed E-state index contributed by atoms with van der Waals surface area (Å²) in [4.78, 5) is 3.43. The van der Waals surface area contributed by atoms with Crippen LogP contribution in [0.5, 0.6) is 28.7 Å². The standard InChI is InChI=1S/C28H29NO4S/c1-31-24-12-13-25-26(19-24)34-28(20-6-5-7-21(30)18-20)27(25)33-23-10-8-22(9-11-23)32-17-16-29-14-3-2-4-15-29/h5-13,18-19,30H,2-4,14-17H2,1H3. The second kappa shape index (κ2) is 10.4. The van der Waals surface area contributed by atoms with Crippen molar-refractivity contribution >= 4 is 21.4 Å². The molecule has 3 aromatic carbocycles. The van der Waals surface area contributed by atoms with Crippen molar-refractivity contribution in [3.8, 4) is 39.2 Å². The number of benzene rings is 3. The van der Waals surface area contributed by atoms with Crippen LogP contribution in [0, 0.1) is 0 Å². The van der Waals surface area contributed by atoms with Gasteiger partial charge in [-0.3, -0.25) is 4.90 Å². The molecule has 2 heterocycles. The van der Waals surface area contributed by atoms with Crippen LogP contribution in [0.15, 0.2) is 66.7 Å². The number of hydrogen-bond acceptors (Lipinski definition) is 6. The lowest BCUT2D eigenvalue weighted by molar-refractivity contribution is 0.183. The third kappa shape index (κ3) is 5.13. The molecule has 5 nitrogen and oxygen atoms in total. The number of phenols is 1. The van der Waals surface area contributed by atoms with E-state index < -0.39 is 0 Å². The molecule has 6 heteroatoms. The van der Waals surface area contributed by atoms with Crippen LogP contribution in [0.4, 0.5) is 0 Å². The Balaban J connectivity index is 1.35.